The molecule has 2 fully saturated rings. The highest BCUT2D eigenvalue weighted by atomic mass is 32.1. The van der Waals surface area contributed by atoms with Crippen molar-refractivity contribution in [1.82, 2.24) is 4.90 Å². The van der Waals surface area contributed by atoms with Crippen LogP contribution in [0, 0.1) is 0 Å². The summed E-state index contributed by atoms with van der Waals surface area (Å²) >= 11 is 1.86. The van der Waals surface area contributed by atoms with Crippen molar-refractivity contribution in [2.75, 3.05) is 13.1 Å². The third-order valence-electron chi connectivity index (χ3n) is 3.99. The molecule has 0 amide bonds. The van der Waals surface area contributed by atoms with Gasteiger partial charge in [0.15, 0.2) is 0 Å². The summed E-state index contributed by atoms with van der Waals surface area (Å²) in [6.07, 6.45) is 5.59. The number of β-amino-alcohol motifs (C(OH)–C–C–N with tert-alkyl or cyclic N) is 1. The van der Waals surface area contributed by atoms with Crippen molar-refractivity contribution in [3.8, 4) is 0 Å². The Bertz CT molecular complexity index is 399. The first kappa shape index (κ1) is 11.7. The second-order valence-corrected chi connectivity index (χ2v) is 6.83. The Balaban J connectivity index is 1.63. The maximum Gasteiger partial charge on any atom is 0.0834 e. The van der Waals surface area contributed by atoms with Gasteiger partial charge in [0.2, 0.25) is 0 Å². The lowest BCUT2D eigenvalue weighted by Crippen LogP contribution is -2.35. The molecule has 1 aliphatic carbocycles. The molecule has 2 aliphatic rings. The van der Waals surface area contributed by atoms with Crippen LogP contribution >= 0.6 is 11.3 Å². The Kier molecular flexibility index (Phi) is 3.01. The van der Waals surface area contributed by atoms with Gasteiger partial charge in [0.05, 0.1) is 5.60 Å². The maximum absolute atomic E-state index is 10.6. The molecule has 1 aliphatic heterocycles. The van der Waals surface area contributed by atoms with Crippen LogP contribution in [0.3, 0.4) is 0 Å². The van der Waals surface area contributed by atoms with Crippen molar-refractivity contribution >= 4 is 11.3 Å². The minimum atomic E-state index is -0.460. The van der Waals surface area contributed by atoms with Crippen LogP contribution in [0.25, 0.3) is 0 Å². The zero-order chi connectivity index (χ0) is 11.9. The summed E-state index contributed by atoms with van der Waals surface area (Å²) < 4.78 is 0. The van der Waals surface area contributed by atoms with Crippen molar-refractivity contribution in [2.45, 2.75) is 50.7 Å². The molecule has 17 heavy (non-hydrogen) atoms. The molecule has 0 spiro atoms. The summed E-state index contributed by atoms with van der Waals surface area (Å²) in [5.74, 6) is 0. The van der Waals surface area contributed by atoms with Crippen LogP contribution in [-0.2, 0) is 12.8 Å². The minimum absolute atomic E-state index is 0.460. The molecule has 1 saturated carbocycles. The molecule has 3 rings (SSSR count). The van der Waals surface area contributed by atoms with Crippen molar-refractivity contribution < 1.29 is 5.11 Å². The van der Waals surface area contributed by atoms with Gasteiger partial charge >= 0.3 is 0 Å². The molecule has 3 heteroatoms. The van der Waals surface area contributed by atoms with Crippen LogP contribution in [0.15, 0.2) is 12.1 Å². The summed E-state index contributed by atoms with van der Waals surface area (Å²) in [6, 6.07) is 5.19. The number of thiophene rings is 1. The standard InChI is InChI=1S/C14H21NOS/c1-2-12-5-6-13(17-12)9-14(16)7-8-15(10-14)11-3-4-11/h5-6,11,16H,2-4,7-10H2,1H3. The largest absolute Gasteiger partial charge is 0.388 e. The molecular weight excluding hydrogens is 230 g/mol. The van der Waals surface area contributed by atoms with Crippen LogP contribution in [0.1, 0.15) is 35.9 Å². The van der Waals surface area contributed by atoms with E-state index in [1.807, 2.05) is 11.3 Å². The van der Waals surface area contributed by atoms with Gasteiger partial charge in [-0.25, -0.2) is 0 Å². The Morgan fingerprint density at radius 1 is 1.41 bits per heavy atom. The maximum atomic E-state index is 10.6. The number of aliphatic hydroxyl groups is 1. The summed E-state index contributed by atoms with van der Waals surface area (Å²) in [5.41, 5.74) is -0.460. The summed E-state index contributed by atoms with van der Waals surface area (Å²) in [7, 11) is 0. The summed E-state index contributed by atoms with van der Waals surface area (Å²) in [5, 5.41) is 10.6. The second-order valence-electron chi connectivity index (χ2n) is 5.57. The first-order chi connectivity index (χ1) is 8.18. The minimum Gasteiger partial charge on any atom is -0.388 e. The number of nitrogens with zero attached hydrogens (tertiary/aromatic N) is 1. The normalized spacial score (nSPS) is 30.0. The van der Waals surface area contributed by atoms with Crippen molar-refractivity contribution in [2.24, 2.45) is 0 Å². The number of aryl methyl sites for hydroxylation is 1. The van der Waals surface area contributed by atoms with Gasteiger partial charge in [0, 0.05) is 35.3 Å². The fraction of sp³-hybridized carbons (Fsp3) is 0.714. The van der Waals surface area contributed by atoms with E-state index < -0.39 is 5.60 Å². The average Bonchev–Trinajstić information content (AvgIpc) is 2.95. The van der Waals surface area contributed by atoms with Crippen LogP contribution in [0.2, 0.25) is 0 Å². The van der Waals surface area contributed by atoms with E-state index in [1.54, 1.807) is 0 Å². The molecule has 1 saturated heterocycles. The fourth-order valence-corrected chi connectivity index (χ4v) is 3.91. The molecule has 2 heterocycles. The monoisotopic (exact) mass is 251 g/mol. The van der Waals surface area contributed by atoms with Gasteiger partial charge in [-0.15, -0.1) is 11.3 Å². The molecule has 2 nitrogen and oxygen atoms in total. The number of likely N-dealkylation sites (tertiary alicyclic amines) is 1. The van der Waals surface area contributed by atoms with Crippen LogP contribution < -0.4 is 0 Å². The quantitative estimate of drug-likeness (QED) is 0.888. The van der Waals surface area contributed by atoms with Gasteiger partial charge in [-0.2, -0.15) is 0 Å². The Hall–Kier alpha value is -0.380. The SMILES string of the molecule is CCc1ccc(CC2(O)CCN(C3CC3)C2)s1. The van der Waals surface area contributed by atoms with Gasteiger partial charge in [-0.05, 0) is 37.8 Å². The molecule has 0 radical (unpaired) electrons. The molecule has 94 valence electrons. The third-order valence-corrected chi connectivity index (χ3v) is 5.22. The van der Waals surface area contributed by atoms with E-state index in [4.69, 9.17) is 0 Å². The van der Waals surface area contributed by atoms with E-state index in [1.165, 1.54) is 22.6 Å². The van der Waals surface area contributed by atoms with Crippen molar-refractivity contribution in [1.29, 1.82) is 0 Å². The molecule has 0 bridgehead atoms. The predicted molar refractivity (Wildman–Crippen MR) is 71.6 cm³/mol. The van der Waals surface area contributed by atoms with Gasteiger partial charge in [-0.3, -0.25) is 4.90 Å². The van der Waals surface area contributed by atoms with Gasteiger partial charge < -0.3 is 5.11 Å². The topological polar surface area (TPSA) is 23.5 Å². The molecule has 1 aromatic heterocycles. The lowest BCUT2D eigenvalue weighted by Gasteiger charge is -2.22. The second kappa shape index (κ2) is 4.38. The Labute approximate surface area is 107 Å². The molecule has 1 atom stereocenters. The summed E-state index contributed by atoms with van der Waals surface area (Å²) in [6.45, 7) is 4.17. The van der Waals surface area contributed by atoms with E-state index in [0.29, 0.717) is 0 Å². The predicted octanol–water partition coefficient (Wildman–Crippen LogP) is 2.45. The number of hydrogen-bond donors (Lipinski definition) is 1. The smallest absolute Gasteiger partial charge is 0.0834 e. The first-order valence-corrected chi connectivity index (χ1v) is 7.54. The first-order valence-electron chi connectivity index (χ1n) is 6.72. The molecule has 1 aromatic rings. The summed E-state index contributed by atoms with van der Waals surface area (Å²) in [4.78, 5) is 5.26. The Morgan fingerprint density at radius 3 is 2.82 bits per heavy atom. The van der Waals surface area contributed by atoms with E-state index >= 15 is 0 Å². The zero-order valence-corrected chi connectivity index (χ0v) is 11.3. The Morgan fingerprint density at radius 2 is 2.18 bits per heavy atom. The highest BCUT2D eigenvalue weighted by molar-refractivity contribution is 7.12. The van der Waals surface area contributed by atoms with E-state index in [0.717, 1.165) is 38.4 Å². The molecule has 1 unspecified atom stereocenters. The lowest BCUT2D eigenvalue weighted by atomic mass is 9.98. The van der Waals surface area contributed by atoms with Crippen molar-refractivity contribution in [3.05, 3.63) is 21.9 Å². The zero-order valence-electron chi connectivity index (χ0n) is 10.5. The van der Waals surface area contributed by atoms with Gasteiger partial charge in [-0.1, -0.05) is 6.92 Å². The van der Waals surface area contributed by atoms with Gasteiger partial charge in [0.1, 0.15) is 0 Å². The van der Waals surface area contributed by atoms with Crippen molar-refractivity contribution in [3.63, 3.8) is 0 Å². The van der Waals surface area contributed by atoms with Crippen LogP contribution in [0.4, 0.5) is 0 Å². The number of hydrogen-bond acceptors (Lipinski definition) is 3. The molecular formula is C14H21NOS. The molecule has 0 aromatic carbocycles. The lowest BCUT2D eigenvalue weighted by molar-refractivity contribution is 0.0495. The highest BCUT2D eigenvalue weighted by Crippen LogP contribution is 2.35. The highest BCUT2D eigenvalue weighted by Gasteiger charge is 2.42. The third kappa shape index (κ3) is 2.56. The van der Waals surface area contributed by atoms with E-state index in [2.05, 4.69) is 24.0 Å². The fourth-order valence-electron chi connectivity index (χ4n) is 2.82. The van der Waals surface area contributed by atoms with E-state index in [-0.39, 0.29) is 0 Å². The number of rotatable bonds is 4. The average molecular weight is 251 g/mol. The van der Waals surface area contributed by atoms with Gasteiger partial charge in [0.25, 0.3) is 0 Å². The van der Waals surface area contributed by atoms with Crippen LogP contribution in [-0.4, -0.2) is 34.7 Å². The molecule has 1 N–H and O–H groups in total. The van der Waals surface area contributed by atoms with Crippen LogP contribution in [0.5, 0.6) is 0 Å². The van der Waals surface area contributed by atoms with E-state index in [9.17, 15) is 5.11 Å².